The molecule has 0 amide bonds. The second-order valence-corrected chi connectivity index (χ2v) is 3.21. The second kappa shape index (κ2) is 8.91. The minimum Gasteiger partial charge on any atom is -0.508 e. The predicted molar refractivity (Wildman–Crippen MR) is 63.9 cm³/mol. The Kier molecular flexibility index (Phi) is 8.15. The van der Waals surface area contributed by atoms with Gasteiger partial charge in [0.05, 0.1) is 6.61 Å². The number of phenolic OH excluding ortho intramolecular Hbond substituents is 1. The monoisotopic (exact) mass is 288 g/mol. The van der Waals surface area contributed by atoms with Gasteiger partial charge in [0, 0.05) is 5.56 Å². The van der Waals surface area contributed by atoms with Crippen LogP contribution >= 0.6 is 15.9 Å². The van der Waals surface area contributed by atoms with E-state index >= 15 is 0 Å². The summed E-state index contributed by atoms with van der Waals surface area (Å²) in [7, 11) is 0. The number of carbonyl (C=O) groups is 2. The molecule has 0 radical (unpaired) electrons. The van der Waals surface area contributed by atoms with Crippen molar-refractivity contribution in [2.24, 2.45) is 0 Å². The van der Waals surface area contributed by atoms with Crippen LogP contribution < -0.4 is 0 Å². The lowest BCUT2D eigenvalue weighted by Crippen LogP contribution is -2.03. The fourth-order valence-corrected chi connectivity index (χ4v) is 0.960. The molecule has 1 aromatic rings. The molecule has 0 aliphatic carbocycles. The van der Waals surface area contributed by atoms with Gasteiger partial charge in [0.1, 0.15) is 17.4 Å². The highest BCUT2D eigenvalue weighted by atomic mass is 79.9. The van der Waals surface area contributed by atoms with Gasteiger partial charge in [-0.25, -0.2) is 0 Å². The van der Waals surface area contributed by atoms with E-state index in [2.05, 4.69) is 20.7 Å². The molecule has 0 unspecified atom stereocenters. The molecule has 0 saturated carbocycles. The maximum absolute atomic E-state index is 10.1. The van der Waals surface area contributed by atoms with Gasteiger partial charge in [-0.3, -0.25) is 9.59 Å². The van der Waals surface area contributed by atoms with Crippen LogP contribution in [0.15, 0.2) is 24.3 Å². The number of hydrogen-bond donors (Lipinski definition) is 1. The number of aromatic hydroxyl groups is 1. The van der Waals surface area contributed by atoms with Gasteiger partial charge in [-0.05, 0) is 19.1 Å². The predicted octanol–water partition coefficient (Wildman–Crippen LogP) is 2.15. The van der Waals surface area contributed by atoms with Crippen LogP contribution in [-0.2, 0) is 9.53 Å². The third-order valence-electron chi connectivity index (χ3n) is 1.42. The lowest BCUT2D eigenvalue weighted by molar-refractivity contribution is -0.139. The molecular formula is C11H13BrO4. The van der Waals surface area contributed by atoms with E-state index in [1.807, 2.05) is 0 Å². The molecule has 0 aliphatic heterocycles. The summed E-state index contributed by atoms with van der Waals surface area (Å²) in [5, 5.41) is 9.08. The molecule has 0 atom stereocenters. The van der Waals surface area contributed by atoms with E-state index in [0.717, 1.165) is 0 Å². The Labute approximate surface area is 102 Å². The van der Waals surface area contributed by atoms with Crippen molar-refractivity contribution in [1.82, 2.24) is 0 Å². The molecule has 0 bridgehead atoms. The molecule has 1 aromatic carbocycles. The molecule has 1 rings (SSSR count). The van der Waals surface area contributed by atoms with Crippen LogP contribution in [0.4, 0.5) is 0 Å². The Hall–Kier alpha value is -1.36. The van der Waals surface area contributed by atoms with Gasteiger partial charge in [-0.15, -0.1) is 0 Å². The SMILES string of the molecule is CCOC(=O)CBr.O=Cc1cccc(O)c1. The molecule has 4 nitrogen and oxygen atoms in total. The van der Waals surface area contributed by atoms with Gasteiger partial charge < -0.3 is 9.84 Å². The van der Waals surface area contributed by atoms with Gasteiger partial charge in [-0.1, -0.05) is 28.1 Å². The summed E-state index contributed by atoms with van der Waals surface area (Å²) < 4.78 is 4.51. The lowest BCUT2D eigenvalue weighted by Gasteiger charge is -1.92. The summed E-state index contributed by atoms with van der Waals surface area (Å²) in [6, 6.07) is 6.19. The minimum absolute atomic E-state index is 0.125. The number of ether oxygens (including phenoxy) is 1. The van der Waals surface area contributed by atoms with Crippen molar-refractivity contribution in [2.75, 3.05) is 11.9 Å². The number of esters is 1. The van der Waals surface area contributed by atoms with Crippen LogP contribution in [0.1, 0.15) is 17.3 Å². The molecule has 5 heteroatoms. The number of hydrogen-bond acceptors (Lipinski definition) is 4. The number of halogens is 1. The number of aldehydes is 1. The van der Waals surface area contributed by atoms with E-state index in [-0.39, 0.29) is 11.7 Å². The van der Waals surface area contributed by atoms with Crippen LogP contribution in [0, 0.1) is 0 Å². The second-order valence-electron chi connectivity index (χ2n) is 2.65. The van der Waals surface area contributed by atoms with E-state index in [0.29, 0.717) is 23.8 Å². The van der Waals surface area contributed by atoms with Gasteiger partial charge in [0.15, 0.2) is 0 Å². The van der Waals surface area contributed by atoms with Gasteiger partial charge in [0.2, 0.25) is 0 Å². The molecule has 16 heavy (non-hydrogen) atoms. The Morgan fingerprint density at radius 1 is 1.56 bits per heavy atom. The van der Waals surface area contributed by atoms with E-state index in [1.54, 1.807) is 19.1 Å². The molecule has 0 aliphatic rings. The number of benzene rings is 1. The quantitative estimate of drug-likeness (QED) is 0.526. The summed E-state index contributed by atoms with van der Waals surface area (Å²) >= 11 is 2.94. The van der Waals surface area contributed by atoms with Gasteiger partial charge in [0.25, 0.3) is 0 Å². The Balaban J connectivity index is 0.000000293. The Morgan fingerprint density at radius 3 is 2.56 bits per heavy atom. The maximum Gasteiger partial charge on any atom is 0.316 e. The first-order valence-electron chi connectivity index (χ1n) is 4.59. The van der Waals surface area contributed by atoms with Crippen LogP contribution in [0.5, 0.6) is 5.75 Å². The lowest BCUT2D eigenvalue weighted by atomic mass is 10.2. The molecule has 0 aromatic heterocycles. The van der Waals surface area contributed by atoms with Crippen molar-refractivity contribution in [2.45, 2.75) is 6.92 Å². The first-order chi connectivity index (χ1) is 7.63. The van der Waals surface area contributed by atoms with Crippen LogP contribution in [0.3, 0.4) is 0 Å². The average molecular weight is 289 g/mol. The largest absolute Gasteiger partial charge is 0.508 e. The van der Waals surface area contributed by atoms with Gasteiger partial charge in [-0.2, -0.15) is 0 Å². The molecule has 0 fully saturated rings. The summed E-state index contributed by atoms with van der Waals surface area (Å²) in [5.41, 5.74) is 0.495. The highest BCUT2D eigenvalue weighted by Crippen LogP contribution is 2.07. The molecule has 88 valence electrons. The Bertz CT molecular complexity index is 339. The molecule has 0 saturated heterocycles. The van der Waals surface area contributed by atoms with Crippen LogP contribution in [0.2, 0.25) is 0 Å². The fourth-order valence-electron chi connectivity index (χ4n) is 0.798. The summed E-state index contributed by atoms with van der Waals surface area (Å²) in [6.45, 7) is 2.24. The van der Waals surface area contributed by atoms with Gasteiger partial charge >= 0.3 is 5.97 Å². The van der Waals surface area contributed by atoms with E-state index in [9.17, 15) is 9.59 Å². The van der Waals surface area contributed by atoms with Crippen molar-refractivity contribution < 1.29 is 19.4 Å². The number of carbonyl (C=O) groups excluding carboxylic acids is 2. The molecule has 0 heterocycles. The highest BCUT2D eigenvalue weighted by Gasteiger charge is 1.92. The Morgan fingerprint density at radius 2 is 2.25 bits per heavy atom. The number of alkyl halides is 1. The van der Waals surface area contributed by atoms with Crippen molar-refractivity contribution in [3.63, 3.8) is 0 Å². The molecule has 0 spiro atoms. The average Bonchev–Trinajstić information content (AvgIpc) is 2.30. The molecular weight excluding hydrogens is 276 g/mol. The van der Waals surface area contributed by atoms with Crippen molar-refractivity contribution in [3.8, 4) is 5.75 Å². The zero-order valence-electron chi connectivity index (χ0n) is 8.85. The van der Waals surface area contributed by atoms with Crippen LogP contribution in [0.25, 0.3) is 0 Å². The number of phenols is 1. The normalized spacial score (nSPS) is 8.62. The first-order valence-corrected chi connectivity index (χ1v) is 5.72. The smallest absolute Gasteiger partial charge is 0.316 e. The highest BCUT2D eigenvalue weighted by molar-refractivity contribution is 9.09. The minimum atomic E-state index is -0.206. The maximum atomic E-state index is 10.1. The first kappa shape index (κ1) is 14.6. The zero-order chi connectivity index (χ0) is 12.4. The van der Waals surface area contributed by atoms with Crippen molar-refractivity contribution in [1.29, 1.82) is 0 Å². The third-order valence-corrected chi connectivity index (χ3v) is 1.88. The van der Waals surface area contributed by atoms with Crippen molar-refractivity contribution in [3.05, 3.63) is 29.8 Å². The van der Waals surface area contributed by atoms with E-state index in [1.165, 1.54) is 12.1 Å². The fraction of sp³-hybridized carbons (Fsp3) is 0.273. The van der Waals surface area contributed by atoms with E-state index in [4.69, 9.17) is 5.11 Å². The topological polar surface area (TPSA) is 63.6 Å². The summed E-state index contributed by atoms with van der Waals surface area (Å²) in [5.74, 6) is -0.0814. The third kappa shape index (κ3) is 7.00. The number of rotatable bonds is 3. The molecule has 1 N–H and O–H groups in total. The summed E-state index contributed by atoms with van der Waals surface area (Å²) in [4.78, 5) is 20.2. The van der Waals surface area contributed by atoms with Crippen LogP contribution in [-0.4, -0.2) is 29.3 Å². The summed E-state index contributed by atoms with van der Waals surface area (Å²) in [6.07, 6.45) is 0.694. The van der Waals surface area contributed by atoms with Crippen molar-refractivity contribution >= 4 is 28.2 Å². The van der Waals surface area contributed by atoms with E-state index < -0.39 is 0 Å². The zero-order valence-corrected chi connectivity index (χ0v) is 10.4. The standard InChI is InChI=1S/C7H6O2.C4H7BrO2/c8-5-6-2-1-3-7(9)4-6;1-2-7-4(6)3-5/h1-5,9H;2-3H2,1H3.